The van der Waals surface area contributed by atoms with Crippen molar-refractivity contribution in [3.05, 3.63) is 34.9 Å². The lowest BCUT2D eigenvalue weighted by Crippen LogP contribution is -2.50. The maximum absolute atomic E-state index is 12.8. The van der Waals surface area contributed by atoms with E-state index in [0.717, 1.165) is 12.0 Å². The lowest BCUT2D eigenvalue weighted by atomic mass is 9.81. The van der Waals surface area contributed by atoms with Gasteiger partial charge in [-0.15, -0.1) is 0 Å². The molecule has 1 aromatic carbocycles. The molecule has 1 atom stereocenters. The molecule has 5 nitrogen and oxygen atoms in total. The van der Waals surface area contributed by atoms with Crippen molar-refractivity contribution in [2.75, 3.05) is 13.1 Å². The third-order valence-corrected chi connectivity index (χ3v) is 4.89. The Hall–Kier alpha value is -2.17. The molecule has 1 fully saturated rings. The minimum Gasteiger partial charge on any atom is -0.369 e. The van der Waals surface area contributed by atoms with Gasteiger partial charge in [-0.3, -0.25) is 14.4 Å². The van der Waals surface area contributed by atoms with Crippen LogP contribution >= 0.6 is 0 Å². The van der Waals surface area contributed by atoms with Crippen molar-refractivity contribution in [2.24, 2.45) is 11.1 Å². The van der Waals surface area contributed by atoms with Gasteiger partial charge < -0.3 is 10.6 Å². The van der Waals surface area contributed by atoms with Crippen molar-refractivity contribution in [3.8, 4) is 0 Å². The molecule has 1 saturated heterocycles. The molecule has 1 aliphatic carbocycles. The van der Waals surface area contributed by atoms with Crippen molar-refractivity contribution in [3.63, 3.8) is 0 Å². The van der Waals surface area contributed by atoms with Crippen LogP contribution in [0.1, 0.15) is 52.5 Å². The lowest BCUT2D eigenvalue weighted by molar-refractivity contribution is -0.129. The Morgan fingerprint density at radius 2 is 2.05 bits per heavy atom. The van der Waals surface area contributed by atoms with Crippen LogP contribution in [0.2, 0.25) is 0 Å². The molecular weight excluding hydrogens is 280 g/mol. The van der Waals surface area contributed by atoms with Gasteiger partial charge in [-0.1, -0.05) is 12.1 Å². The molecule has 0 spiro atoms. The third-order valence-electron chi connectivity index (χ3n) is 4.89. The number of nitrogens with zero attached hydrogens (tertiary/aromatic N) is 1. The highest BCUT2D eigenvalue weighted by atomic mass is 16.2. The van der Waals surface area contributed by atoms with Crippen molar-refractivity contribution in [2.45, 2.75) is 32.6 Å². The number of hydrogen-bond donors (Lipinski definition) is 1. The van der Waals surface area contributed by atoms with Gasteiger partial charge in [-0.05, 0) is 37.8 Å². The summed E-state index contributed by atoms with van der Waals surface area (Å²) in [6.07, 6.45) is 2.56. The summed E-state index contributed by atoms with van der Waals surface area (Å²) in [4.78, 5) is 38.0. The van der Waals surface area contributed by atoms with Gasteiger partial charge in [-0.2, -0.15) is 0 Å². The number of fused-ring (bicyclic) bond motifs is 1. The van der Waals surface area contributed by atoms with E-state index in [1.165, 1.54) is 0 Å². The summed E-state index contributed by atoms with van der Waals surface area (Å²) in [5.74, 6) is -0.359. The predicted octanol–water partition coefficient (Wildman–Crippen LogP) is 1.54. The summed E-state index contributed by atoms with van der Waals surface area (Å²) in [5.41, 5.74) is 6.94. The Kier molecular flexibility index (Phi) is 3.51. The number of Topliss-reactive ketones (excluding diaryl/α,β-unsaturated/α-hetero) is 1. The van der Waals surface area contributed by atoms with E-state index in [1.807, 2.05) is 6.92 Å². The van der Waals surface area contributed by atoms with Crippen molar-refractivity contribution in [1.82, 2.24) is 4.90 Å². The first kappa shape index (κ1) is 14.8. The van der Waals surface area contributed by atoms with Crippen molar-refractivity contribution < 1.29 is 14.4 Å². The topological polar surface area (TPSA) is 80.5 Å². The average Bonchev–Trinajstić information content (AvgIpc) is 2.88. The van der Waals surface area contributed by atoms with Crippen LogP contribution in [0, 0.1) is 5.41 Å². The van der Waals surface area contributed by atoms with Crippen molar-refractivity contribution >= 4 is 17.6 Å². The quantitative estimate of drug-likeness (QED) is 0.899. The van der Waals surface area contributed by atoms with Crippen molar-refractivity contribution in [1.29, 1.82) is 0 Å². The smallest absolute Gasteiger partial charge is 0.254 e. The molecule has 0 radical (unpaired) electrons. The Labute approximate surface area is 129 Å². The average molecular weight is 300 g/mol. The molecule has 3 rings (SSSR count). The summed E-state index contributed by atoms with van der Waals surface area (Å²) in [6.45, 7) is 2.78. The molecule has 2 N–H and O–H groups in total. The highest BCUT2D eigenvalue weighted by molar-refractivity contribution is 6.05. The monoisotopic (exact) mass is 300 g/mol. The van der Waals surface area contributed by atoms with Gasteiger partial charge in [-0.25, -0.2) is 0 Å². The number of carbonyl (C=O) groups is 3. The summed E-state index contributed by atoms with van der Waals surface area (Å²) in [5, 5.41) is 0. The number of piperidine rings is 1. The first-order valence-corrected chi connectivity index (χ1v) is 7.67. The van der Waals surface area contributed by atoms with E-state index in [-0.39, 0.29) is 17.6 Å². The number of amides is 2. The van der Waals surface area contributed by atoms with Crippen LogP contribution in [-0.4, -0.2) is 35.6 Å². The van der Waals surface area contributed by atoms with Crippen LogP contribution in [-0.2, 0) is 11.2 Å². The largest absolute Gasteiger partial charge is 0.369 e. The highest BCUT2D eigenvalue weighted by Gasteiger charge is 2.38. The Morgan fingerprint density at radius 3 is 2.77 bits per heavy atom. The fraction of sp³-hybridized carbons (Fsp3) is 0.471. The number of hydrogen-bond acceptors (Lipinski definition) is 3. The number of ketones is 1. The van der Waals surface area contributed by atoms with Gasteiger partial charge in [0, 0.05) is 30.6 Å². The fourth-order valence-electron chi connectivity index (χ4n) is 3.48. The van der Waals surface area contributed by atoms with Gasteiger partial charge >= 0.3 is 0 Å². The number of nitrogens with two attached hydrogens (primary N) is 1. The van der Waals surface area contributed by atoms with Gasteiger partial charge in [0.15, 0.2) is 5.78 Å². The molecule has 0 saturated carbocycles. The molecule has 1 aromatic rings. The zero-order valence-corrected chi connectivity index (χ0v) is 12.7. The SMILES string of the molecule is C[C@]1(C(N)=O)CCCN(C(=O)c2cccc3c2CCC3=O)C1. The number of benzene rings is 1. The number of primary amides is 1. The van der Waals surface area contributed by atoms with E-state index in [4.69, 9.17) is 5.73 Å². The van der Waals surface area contributed by atoms with Gasteiger partial charge in [0.1, 0.15) is 0 Å². The number of carbonyl (C=O) groups excluding carboxylic acids is 3. The Balaban J connectivity index is 1.89. The first-order valence-electron chi connectivity index (χ1n) is 7.67. The van der Waals surface area contributed by atoms with Crippen LogP contribution in [0.15, 0.2) is 18.2 Å². The van der Waals surface area contributed by atoms with Crippen LogP contribution in [0.5, 0.6) is 0 Å². The zero-order chi connectivity index (χ0) is 15.9. The Morgan fingerprint density at radius 1 is 1.27 bits per heavy atom. The second-order valence-electron chi connectivity index (χ2n) is 6.51. The van der Waals surface area contributed by atoms with Crippen LogP contribution in [0.25, 0.3) is 0 Å². The minimum atomic E-state index is -0.665. The molecule has 116 valence electrons. The summed E-state index contributed by atoms with van der Waals surface area (Å²) in [7, 11) is 0. The minimum absolute atomic E-state index is 0.0984. The molecule has 1 heterocycles. The number of likely N-dealkylation sites (tertiary alicyclic amines) is 1. The molecule has 0 unspecified atom stereocenters. The van der Waals surface area contributed by atoms with E-state index in [2.05, 4.69) is 0 Å². The molecule has 1 aliphatic heterocycles. The van der Waals surface area contributed by atoms with Crippen LogP contribution in [0.4, 0.5) is 0 Å². The maximum atomic E-state index is 12.8. The fourth-order valence-corrected chi connectivity index (χ4v) is 3.48. The summed E-state index contributed by atoms with van der Waals surface area (Å²) < 4.78 is 0. The predicted molar refractivity (Wildman–Crippen MR) is 81.5 cm³/mol. The summed E-state index contributed by atoms with van der Waals surface area (Å²) >= 11 is 0. The lowest BCUT2D eigenvalue weighted by Gasteiger charge is -2.38. The highest BCUT2D eigenvalue weighted by Crippen LogP contribution is 2.32. The second kappa shape index (κ2) is 5.23. The molecule has 22 heavy (non-hydrogen) atoms. The molecular formula is C17H20N2O3. The zero-order valence-electron chi connectivity index (χ0n) is 12.7. The first-order chi connectivity index (χ1) is 10.4. The second-order valence-corrected chi connectivity index (χ2v) is 6.51. The van der Waals surface area contributed by atoms with E-state index in [1.54, 1.807) is 23.1 Å². The van der Waals surface area contributed by atoms with Crippen LogP contribution < -0.4 is 5.73 Å². The van der Waals surface area contributed by atoms with E-state index >= 15 is 0 Å². The van der Waals surface area contributed by atoms with Gasteiger partial charge in [0.2, 0.25) is 5.91 Å². The van der Waals surface area contributed by atoms with Crippen LogP contribution in [0.3, 0.4) is 0 Å². The molecule has 5 heteroatoms. The maximum Gasteiger partial charge on any atom is 0.254 e. The molecule has 2 amide bonds. The molecule has 0 aromatic heterocycles. The normalized spacial score (nSPS) is 24.2. The standard InChI is InChI=1S/C17H20N2O3/c1-17(16(18)22)8-3-9-19(10-17)15(21)13-5-2-4-12-11(13)6-7-14(12)20/h2,4-5H,3,6-10H2,1H3,(H2,18,22)/t17-/m0/s1. The van der Waals surface area contributed by atoms with Gasteiger partial charge in [0.05, 0.1) is 5.41 Å². The van der Waals surface area contributed by atoms with Gasteiger partial charge in [0.25, 0.3) is 5.91 Å². The van der Waals surface area contributed by atoms with E-state index in [0.29, 0.717) is 43.5 Å². The summed E-state index contributed by atoms with van der Waals surface area (Å²) in [6, 6.07) is 5.31. The Bertz CT molecular complexity index is 668. The van der Waals surface area contributed by atoms with E-state index in [9.17, 15) is 14.4 Å². The van der Waals surface area contributed by atoms with E-state index < -0.39 is 5.41 Å². The molecule has 2 aliphatic rings. The molecule has 0 bridgehead atoms. The third kappa shape index (κ3) is 2.30. The number of rotatable bonds is 2.